The van der Waals surface area contributed by atoms with Crippen LogP contribution in [0.2, 0.25) is 0 Å². The Labute approximate surface area is 105 Å². The third kappa shape index (κ3) is 3.61. The number of rotatable bonds is 4. The molecule has 1 rings (SSSR count). The van der Waals surface area contributed by atoms with Crippen molar-refractivity contribution in [3.63, 3.8) is 0 Å². The standard InChI is InChI=1S/C12H17BrN2O/c1-3-4-10(14)12(16)15-11-7-9(13)6-5-8(11)2/h5-7,10H,3-4,14H2,1-2H3,(H,15,16)/t10-/m1/s1. The zero-order chi connectivity index (χ0) is 12.1. The Bertz CT molecular complexity index is 379. The molecule has 0 fully saturated rings. The molecule has 4 heteroatoms. The van der Waals surface area contributed by atoms with Crippen molar-refractivity contribution < 1.29 is 4.79 Å². The van der Waals surface area contributed by atoms with E-state index in [1.54, 1.807) is 0 Å². The third-order valence-corrected chi connectivity index (χ3v) is 2.89. The summed E-state index contributed by atoms with van der Waals surface area (Å²) in [6.45, 7) is 3.96. The summed E-state index contributed by atoms with van der Waals surface area (Å²) >= 11 is 3.37. The number of benzene rings is 1. The van der Waals surface area contributed by atoms with Crippen LogP contribution in [0.5, 0.6) is 0 Å². The summed E-state index contributed by atoms with van der Waals surface area (Å²) in [5.74, 6) is -0.122. The Morgan fingerprint density at radius 1 is 1.56 bits per heavy atom. The summed E-state index contributed by atoms with van der Waals surface area (Å²) in [6.07, 6.45) is 1.62. The molecule has 1 aromatic rings. The van der Waals surface area contributed by atoms with Crippen molar-refractivity contribution in [1.82, 2.24) is 0 Å². The van der Waals surface area contributed by atoms with Crippen LogP contribution in [0.25, 0.3) is 0 Å². The highest BCUT2D eigenvalue weighted by Gasteiger charge is 2.13. The number of anilines is 1. The number of amides is 1. The predicted molar refractivity (Wildman–Crippen MR) is 70.4 cm³/mol. The summed E-state index contributed by atoms with van der Waals surface area (Å²) in [6, 6.07) is 5.34. The fraction of sp³-hybridized carbons (Fsp3) is 0.417. The first-order valence-electron chi connectivity index (χ1n) is 5.37. The van der Waals surface area contributed by atoms with E-state index in [9.17, 15) is 4.79 Å². The van der Waals surface area contributed by atoms with Gasteiger partial charge in [0.25, 0.3) is 0 Å². The Balaban J connectivity index is 2.72. The molecule has 0 saturated heterocycles. The zero-order valence-electron chi connectivity index (χ0n) is 9.59. The summed E-state index contributed by atoms with van der Waals surface area (Å²) in [5.41, 5.74) is 7.58. The van der Waals surface area contributed by atoms with E-state index in [0.29, 0.717) is 6.42 Å². The summed E-state index contributed by atoms with van der Waals surface area (Å²) in [7, 11) is 0. The summed E-state index contributed by atoms with van der Waals surface area (Å²) < 4.78 is 0.942. The average molecular weight is 285 g/mol. The average Bonchev–Trinajstić information content (AvgIpc) is 2.23. The lowest BCUT2D eigenvalue weighted by Crippen LogP contribution is -2.35. The highest BCUT2D eigenvalue weighted by molar-refractivity contribution is 9.10. The van der Waals surface area contributed by atoms with Gasteiger partial charge < -0.3 is 11.1 Å². The van der Waals surface area contributed by atoms with Gasteiger partial charge >= 0.3 is 0 Å². The van der Waals surface area contributed by atoms with Crippen molar-refractivity contribution in [3.8, 4) is 0 Å². The van der Waals surface area contributed by atoms with Gasteiger partial charge in [-0.2, -0.15) is 0 Å². The third-order valence-electron chi connectivity index (χ3n) is 2.39. The zero-order valence-corrected chi connectivity index (χ0v) is 11.2. The Morgan fingerprint density at radius 3 is 2.88 bits per heavy atom. The van der Waals surface area contributed by atoms with Gasteiger partial charge in [0.05, 0.1) is 6.04 Å². The monoisotopic (exact) mass is 284 g/mol. The van der Waals surface area contributed by atoms with Crippen molar-refractivity contribution in [3.05, 3.63) is 28.2 Å². The van der Waals surface area contributed by atoms with E-state index in [2.05, 4.69) is 21.2 Å². The molecule has 0 aromatic heterocycles. The number of carbonyl (C=O) groups is 1. The predicted octanol–water partition coefficient (Wildman–Crippen LogP) is 2.82. The lowest BCUT2D eigenvalue weighted by molar-refractivity contribution is -0.117. The van der Waals surface area contributed by atoms with E-state index >= 15 is 0 Å². The minimum atomic E-state index is -0.427. The lowest BCUT2D eigenvalue weighted by Gasteiger charge is -2.13. The van der Waals surface area contributed by atoms with Crippen LogP contribution in [0.1, 0.15) is 25.3 Å². The highest BCUT2D eigenvalue weighted by Crippen LogP contribution is 2.20. The van der Waals surface area contributed by atoms with Gasteiger partial charge in [0.1, 0.15) is 0 Å². The van der Waals surface area contributed by atoms with Crippen molar-refractivity contribution in [2.75, 3.05) is 5.32 Å². The van der Waals surface area contributed by atoms with Crippen molar-refractivity contribution in [1.29, 1.82) is 0 Å². The van der Waals surface area contributed by atoms with Crippen LogP contribution in [-0.2, 0) is 4.79 Å². The van der Waals surface area contributed by atoms with Crippen LogP contribution >= 0.6 is 15.9 Å². The molecule has 3 N–H and O–H groups in total. The molecule has 88 valence electrons. The molecule has 3 nitrogen and oxygen atoms in total. The maximum absolute atomic E-state index is 11.7. The number of nitrogens with one attached hydrogen (secondary N) is 1. The molecule has 0 bridgehead atoms. The van der Waals surface area contributed by atoms with Gasteiger partial charge in [0.15, 0.2) is 0 Å². The van der Waals surface area contributed by atoms with E-state index in [4.69, 9.17) is 5.73 Å². The van der Waals surface area contributed by atoms with Crippen LogP contribution in [0.4, 0.5) is 5.69 Å². The first-order chi connectivity index (χ1) is 7.54. The van der Waals surface area contributed by atoms with Crippen LogP contribution < -0.4 is 11.1 Å². The number of nitrogens with two attached hydrogens (primary N) is 1. The van der Waals surface area contributed by atoms with E-state index in [1.807, 2.05) is 32.0 Å². The van der Waals surface area contributed by atoms with E-state index in [-0.39, 0.29) is 5.91 Å². The maximum atomic E-state index is 11.7. The smallest absolute Gasteiger partial charge is 0.241 e. The molecule has 0 spiro atoms. The normalized spacial score (nSPS) is 12.2. The molecule has 1 atom stereocenters. The molecule has 16 heavy (non-hydrogen) atoms. The molecule has 0 aliphatic heterocycles. The van der Waals surface area contributed by atoms with Crippen LogP contribution in [-0.4, -0.2) is 11.9 Å². The number of aryl methyl sites for hydroxylation is 1. The first-order valence-corrected chi connectivity index (χ1v) is 6.16. The van der Waals surface area contributed by atoms with E-state index in [1.165, 1.54) is 0 Å². The van der Waals surface area contributed by atoms with Crippen LogP contribution in [0, 0.1) is 6.92 Å². The second-order valence-electron chi connectivity index (χ2n) is 3.84. The Hall–Kier alpha value is -0.870. The van der Waals surface area contributed by atoms with E-state index in [0.717, 1.165) is 22.1 Å². The Kier molecular flexibility index (Phi) is 4.96. The van der Waals surface area contributed by atoms with Crippen molar-refractivity contribution in [2.45, 2.75) is 32.7 Å². The van der Waals surface area contributed by atoms with E-state index < -0.39 is 6.04 Å². The second-order valence-corrected chi connectivity index (χ2v) is 4.76. The molecular weight excluding hydrogens is 268 g/mol. The highest BCUT2D eigenvalue weighted by atomic mass is 79.9. The topological polar surface area (TPSA) is 55.1 Å². The summed E-state index contributed by atoms with van der Waals surface area (Å²) in [5, 5.41) is 2.84. The van der Waals surface area contributed by atoms with Gasteiger partial charge in [-0.3, -0.25) is 4.79 Å². The lowest BCUT2D eigenvalue weighted by atomic mass is 10.1. The molecule has 1 amide bonds. The molecule has 0 radical (unpaired) electrons. The van der Waals surface area contributed by atoms with Gasteiger partial charge in [0.2, 0.25) is 5.91 Å². The van der Waals surface area contributed by atoms with Gasteiger partial charge in [-0.25, -0.2) is 0 Å². The molecule has 0 unspecified atom stereocenters. The van der Waals surface area contributed by atoms with Gasteiger partial charge in [-0.1, -0.05) is 35.3 Å². The fourth-order valence-electron chi connectivity index (χ4n) is 1.40. The van der Waals surface area contributed by atoms with Crippen molar-refractivity contribution in [2.24, 2.45) is 5.73 Å². The number of hydrogen-bond donors (Lipinski definition) is 2. The summed E-state index contributed by atoms with van der Waals surface area (Å²) in [4.78, 5) is 11.7. The first kappa shape index (κ1) is 13.2. The molecule has 1 aromatic carbocycles. The molecular formula is C12H17BrN2O. The van der Waals surface area contributed by atoms with Gasteiger partial charge in [0, 0.05) is 10.2 Å². The quantitative estimate of drug-likeness (QED) is 0.893. The van der Waals surface area contributed by atoms with Crippen LogP contribution in [0.15, 0.2) is 22.7 Å². The minimum Gasteiger partial charge on any atom is -0.324 e. The van der Waals surface area contributed by atoms with Gasteiger partial charge in [-0.15, -0.1) is 0 Å². The fourth-order valence-corrected chi connectivity index (χ4v) is 1.76. The number of halogens is 1. The van der Waals surface area contributed by atoms with Crippen LogP contribution in [0.3, 0.4) is 0 Å². The minimum absolute atomic E-state index is 0.122. The van der Waals surface area contributed by atoms with Gasteiger partial charge in [-0.05, 0) is 31.0 Å². The maximum Gasteiger partial charge on any atom is 0.241 e. The van der Waals surface area contributed by atoms with Crippen molar-refractivity contribution >= 4 is 27.5 Å². The molecule has 0 saturated carbocycles. The SMILES string of the molecule is CCC[C@@H](N)C(=O)Nc1cc(Br)ccc1C. The molecule has 0 aliphatic rings. The molecule has 0 heterocycles. The second kappa shape index (κ2) is 6.01. The largest absolute Gasteiger partial charge is 0.324 e. The number of carbonyl (C=O) groups excluding carboxylic acids is 1. The number of hydrogen-bond acceptors (Lipinski definition) is 2. The molecule has 0 aliphatic carbocycles. The Morgan fingerprint density at radius 2 is 2.25 bits per heavy atom.